The first-order valence-corrected chi connectivity index (χ1v) is 12.8. The van der Waals surface area contributed by atoms with E-state index in [2.05, 4.69) is 20.8 Å². The summed E-state index contributed by atoms with van der Waals surface area (Å²) in [6.45, 7) is 1.65. The minimum Gasteiger partial charge on any atom is -0.339 e. The first-order valence-electron chi connectivity index (χ1n) is 10.5. The Balaban J connectivity index is 1.48. The zero-order chi connectivity index (χ0) is 19.7. The van der Waals surface area contributed by atoms with Crippen LogP contribution in [-0.2, 0) is 14.8 Å². The lowest BCUT2D eigenvalue weighted by molar-refractivity contribution is -0.143. The van der Waals surface area contributed by atoms with E-state index in [-0.39, 0.29) is 11.8 Å². The fraction of sp³-hybridized carbons (Fsp3) is 0.667. The molecule has 4 rings (SSSR count). The Morgan fingerprint density at radius 3 is 2.39 bits per heavy atom. The van der Waals surface area contributed by atoms with Crippen molar-refractivity contribution < 1.29 is 13.2 Å². The Labute approximate surface area is 176 Å². The van der Waals surface area contributed by atoms with Crippen LogP contribution in [0.2, 0.25) is 0 Å². The highest BCUT2D eigenvalue weighted by Gasteiger charge is 2.40. The van der Waals surface area contributed by atoms with Crippen molar-refractivity contribution >= 4 is 31.9 Å². The number of piperidine rings is 2. The van der Waals surface area contributed by atoms with Gasteiger partial charge in [0.1, 0.15) is 0 Å². The van der Waals surface area contributed by atoms with Gasteiger partial charge in [0, 0.05) is 30.1 Å². The third-order valence-electron chi connectivity index (χ3n) is 6.71. The summed E-state index contributed by atoms with van der Waals surface area (Å²) < 4.78 is 28.5. The van der Waals surface area contributed by atoms with E-state index in [1.165, 1.54) is 30.0 Å². The van der Waals surface area contributed by atoms with E-state index in [9.17, 15) is 13.2 Å². The molecule has 2 aliphatic heterocycles. The number of rotatable bonds is 3. The Bertz CT molecular complexity index is 809. The molecule has 0 radical (unpaired) electrons. The molecule has 0 N–H and O–H groups in total. The second-order valence-electron chi connectivity index (χ2n) is 8.44. The van der Waals surface area contributed by atoms with Crippen LogP contribution in [0.5, 0.6) is 0 Å². The summed E-state index contributed by atoms with van der Waals surface area (Å²) in [6.07, 6.45) is 8.70. The normalized spacial score (nSPS) is 29.3. The predicted molar refractivity (Wildman–Crippen MR) is 112 cm³/mol. The molecular weight excluding hydrogens is 440 g/mol. The van der Waals surface area contributed by atoms with E-state index < -0.39 is 10.0 Å². The largest absolute Gasteiger partial charge is 0.339 e. The van der Waals surface area contributed by atoms with Crippen molar-refractivity contribution in [3.05, 3.63) is 28.7 Å². The minimum atomic E-state index is -3.56. The van der Waals surface area contributed by atoms with Crippen molar-refractivity contribution in [1.82, 2.24) is 9.21 Å². The Morgan fingerprint density at radius 2 is 1.61 bits per heavy atom. The van der Waals surface area contributed by atoms with E-state index in [0.717, 1.165) is 36.7 Å². The van der Waals surface area contributed by atoms with Gasteiger partial charge in [-0.1, -0.05) is 28.8 Å². The second-order valence-corrected chi connectivity index (χ2v) is 11.3. The van der Waals surface area contributed by atoms with E-state index >= 15 is 0 Å². The molecule has 154 valence electrons. The number of hydrogen-bond acceptors (Lipinski definition) is 3. The minimum absolute atomic E-state index is 0.187. The van der Waals surface area contributed by atoms with E-state index in [0.29, 0.717) is 29.9 Å². The summed E-state index contributed by atoms with van der Waals surface area (Å²) in [5.74, 6) is 0.629. The lowest BCUT2D eigenvalue weighted by Crippen LogP contribution is -2.54. The first kappa shape index (κ1) is 20.4. The topological polar surface area (TPSA) is 57.7 Å². The summed E-state index contributed by atoms with van der Waals surface area (Å²) in [5.41, 5.74) is 0. The maximum atomic E-state index is 13.4. The van der Waals surface area contributed by atoms with Crippen molar-refractivity contribution in [3.8, 4) is 0 Å². The van der Waals surface area contributed by atoms with Crippen LogP contribution in [0.15, 0.2) is 33.6 Å². The molecule has 0 aromatic heterocycles. The highest BCUT2D eigenvalue weighted by atomic mass is 79.9. The van der Waals surface area contributed by atoms with Crippen LogP contribution < -0.4 is 0 Å². The molecule has 2 saturated heterocycles. The predicted octanol–water partition coefficient (Wildman–Crippen LogP) is 4.03. The van der Waals surface area contributed by atoms with Gasteiger partial charge in [0.05, 0.1) is 10.8 Å². The number of amides is 1. The van der Waals surface area contributed by atoms with Gasteiger partial charge in [-0.05, 0) is 68.7 Å². The monoisotopic (exact) mass is 468 g/mol. The average molecular weight is 469 g/mol. The lowest BCUT2D eigenvalue weighted by atomic mass is 9.77. The van der Waals surface area contributed by atoms with Crippen molar-refractivity contribution in [2.45, 2.75) is 62.3 Å². The van der Waals surface area contributed by atoms with Gasteiger partial charge in [0.2, 0.25) is 15.9 Å². The molecule has 1 saturated carbocycles. The van der Waals surface area contributed by atoms with Gasteiger partial charge in [-0.2, -0.15) is 4.31 Å². The smallest absolute Gasteiger partial charge is 0.243 e. The summed E-state index contributed by atoms with van der Waals surface area (Å²) in [4.78, 5) is 15.8. The van der Waals surface area contributed by atoms with Crippen LogP contribution in [0, 0.1) is 11.8 Å². The summed E-state index contributed by atoms with van der Waals surface area (Å²) in [5, 5.41) is 0. The van der Waals surface area contributed by atoms with Gasteiger partial charge in [-0.3, -0.25) is 4.79 Å². The van der Waals surface area contributed by atoms with Gasteiger partial charge >= 0.3 is 0 Å². The molecule has 3 unspecified atom stereocenters. The number of carbonyl (C=O) groups is 1. The van der Waals surface area contributed by atoms with E-state index in [4.69, 9.17) is 0 Å². The molecule has 1 aromatic rings. The first-order chi connectivity index (χ1) is 13.5. The van der Waals surface area contributed by atoms with Gasteiger partial charge in [0.25, 0.3) is 0 Å². The molecule has 3 fully saturated rings. The van der Waals surface area contributed by atoms with Crippen LogP contribution in [-0.4, -0.2) is 49.2 Å². The second kappa shape index (κ2) is 8.44. The highest BCUT2D eigenvalue weighted by Crippen LogP contribution is 2.37. The molecule has 1 aromatic carbocycles. The van der Waals surface area contributed by atoms with Crippen LogP contribution in [0.4, 0.5) is 0 Å². The molecule has 3 aliphatic rings. The quantitative estimate of drug-likeness (QED) is 0.672. The standard InChI is InChI=1S/C21H29BrN2O3S/c22-18-9-11-19(12-10-18)28(26,27)23-13-3-7-17(15-23)21(25)24-14-4-6-16-5-1-2-8-20(16)24/h9-12,16-17,20H,1-8,13-15H2. The Morgan fingerprint density at radius 1 is 0.929 bits per heavy atom. The number of fused-ring (bicyclic) bond motifs is 1. The summed E-state index contributed by atoms with van der Waals surface area (Å²) in [7, 11) is -3.56. The van der Waals surface area contributed by atoms with Crippen molar-refractivity contribution in [2.75, 3.05) is 19.6 Å². The van der Waals surface area contributed by atoms with Gasteiger partial charge in [0.15, 0.2) is 0 Å². The van der Waals surface area contributed by atoms with E-state index in [1.54, 1.807) is 24.3 Å². The molecule has 1 aliphatic carbocycles. The maximum absolute atomic E-state index is 13.4. The molecule has 28 heavy (non-hydrogen) atoms. The maximum Gasteiger partial charge on any atom is 0.243 e. The van der Waals surface area contributed by atoms with Gasteiger partial charge in [-0.25, -0.2) is 8.42 Å². The third-order valence-corrected chi connectivity index (χ3v) is 9.12. The SMILES string of the molecule is O=C(C1CCCN(S(=O)(=O)c2ccc(Br)cc2)C1)N1CCCC2CCCCC21. The number of likely N-dealkylation sites (tertiary alicyclic amines) is 1. The van der Waals surface area contributed by atoms with Crippen molar-refractivity contribution in [1.29, 1.82) is 0 Å². The van der Waals surface area contributed by atoms with Crippen LogP contribution in [0.25, 0.3) is 0 Å². The van der Waals surface area contributed by atoms with Crippen LogP contribution >= 0.6 is 15.9 Å². The van der Waals surface area contributed by atoms with Crippen LogP contribution in [0.1, 0.15) is 51.4 Å². The van der Waals surface area contributed by atoms with Gasteiger partial charge < -0.3 is 4.90 Å². The number of hydrogen-bond donors (Lipinski definition) is 0. The van der Waals surface area contributed by atoms with Crippen molar-refractivity contribution in [2.24, 2.45) is 11.8 Å². The summed E-state index contributed by atoms with van der Waals surface area (Å²) in [6, 6.07) is 7.13. The van der Waals surface area contributed by atoms with Crippen molar-refractivity contribution in [3.63, 3.8) is 0 Å². The zero-order valence-corrected chi connectivity index (χ0v) is 18.6. The molecule has 2 heterocycles. The molecule has 3 atom stereocenters. The third kappa shape index (κ3) is 4.03. The van der Waals surface area contributed by atoms with E-state index in [1.807, 2.05) is 0 Å². The molecular formula is C21H29BrN2O3S. The average Bonchev–Trinajstić information content (AvgIpc) is 2.73. The number of sulfonamides is 1. The number of carbonyl (C=O) groups excluding carboxylic acids is 1. The fourth-order valence-electron chi connectivity index (χ4n) is 5.25. The molecule has 7 heteroatoms. The van der Waals surface area contributed by atoms with Crippen LogP contribution in [0.3, 0.4) is 0 Å². The lowest BCUT2D eigenvalue weighted by Gasteiger charge is -2.46. The molecule has 0 spiro atoms. The fourth-order valence-corrected chi connectivity index (χ4v) is 7.04. The Kier molecular flexibility index (Phi) is 6.14. The Hall–Kier alpha value is -0.920. The molecule has 5 nitrogen and oxygen atoms in total. The molecule has 1 amide bonds. The highest BCUT2D eigenvalue weighted by molar-refractivity contribution is 9.10. The summed E-state index contributed by atoms with van der Waals surface area (Å²) >= 11 is 3.35. The molecule has 0 bridgehead atoms. The number of nitrogens with zero attached hydrogens (tertiary/aromatic N) is 2. The van der Waals surface area contributed by atoms with Gasteiger partial charge in [-0.15, -0.1) is 0 Å². The zero-order valence-electron chi connectivity index (χ0n) is 16.2. The number of benzene rings is 1. The number of halogens is 1.